The number of amides is 2. The minimum atomic E-state index is -1.75. The van der Waals surface area contributed by atoms with Gasteiger partial charge in [-0.1, -0.05) is 0 Å². The number of primary amides is 1. The summed E-state index contributed by atoms with van der Waals surface area (Å²) in [5, 5.41) is 9.29. The van der Waals surface area contributed by atoms with Crippen LogP contribution in [0.25, 0.3) is 0 Å². The predicted octanol–water partition coefficient (Wildman–Crippen LogP) is -1.30. The van der Waals surface area contributed by atoms with Gasteiger partial charge < -0.3 is 15.7 Å². The number of aliphatic hydroxyl groups is 1. The summed E-state index contributed by atoms with van der Waals surface area (Å²) >= 11 is 0. The van der Waals surface area contributed by atoms with E-state index in [4.69, 9.17) is 5.73 Å². The van der Waals surface area contributed by atoms with Crippen LogP contribution in [-0.4, -0.2) is 41.5 Å². The fraction of sp³-hybridized carbons (Fsp3) is 0.714. The lowest BCUT2D eigenvalue weighted by Crippen LogP contribution is -2.44. The molecule has 0 saturated carbocycles. The summed E-state index contributed by atoms with van der Waals surface area (Å²) in [6, 6.07) is 0. The van der Waals surface area contributed by atoms with Crippen LogP contribution in [0.2, 0.25) is 0 Å². The van der Waals surface area contributed by atoms with Crippen LogP contribution in [0.4, 0.5) is 0 Å². The van der Waals surface area contributed by atoms with E-state index in [1.807, 2.05) is 0 Å². The maximum Gasteiger partial charge on any atom is 0.249 e. The summed E-state index contributed by atoms with van der Waals surface area (Å²) in [4.78, 5) is 22.9. The van der Waals surface area contributed by atoms with Gasteiger partial charge in [0.05, 0.1) is 6.42 Å². The Morgan fingerprint density at radius 3 is 2.17 bits per heavy atom. The van der Waals surface area contributed by atoms with Crippen molar-refractivity contribution in [1.29, 1.82) is 0 Å². The van der Waals surface area contributed by atoms with Gasteiger partial charge in [-0.3, -0.25) is 9.59 Å². The van der Waals surface area contributed by atoms with Gasteiger partial charge >= 0.3 is 0 Å². The average molecular weight is 174 g/mol. The number of carbonyl (C=O) groups is 2. The minimum Gasteiger partial charge on any atom is -0.380 e. The van der Waals surface area contributed by atoms with Crippen LogP contribution < -0.4 is 5.73 Å². The van der Waals surface area contributed by atoms with E-state index < -0.39 is 11.5 Å². The molecule has 0 radical (unpaired) electrons. The SMILES string of the molecule is CN(C)C(=O)CC(C)(O)C(N)=O. The molecule has 0 bridgehead atoms. The van der Waals surface area contributed by atoms with E-state index in [0.29, 0.717) is 0 Å². The van der Waals surface area contributed by atoms with Crippen molar-refractivity contribution >= 4 is 11.8 Å². The summed E-state index contributed by atoms with van der Waals surface area (Å²) in [5.74, 6) is -1.23. The van der Waals surface area contributed by atoms with E-state index in [1.54, 1.807) is 14.1 Å². The Kier molecular flexibility index (Phi) is 3.21. The van der Waals surface area contributed by atoms with E-state index in [2.05, 4.69) is 0 Å². The van der Waals surface area contributed by atoms with Gasteiger partial charge in [0.2, 0.25) is 11.8 Å². The fourth-order valence-corrected chi connectivity index (χ4v) is 0.540. The van der Waals surface area contributed by atoms with E-state index >= 15 is 0 Å². The van der Waals surface area contributed by atoms with E-state index in [0.717, 1.165) is 0 Å². The van der Waals surface area contributed by atoms with Gasteiger partial charge in [-0.2, -0.15) is 0 Å². The van der Waals surface area contributed by atoms with E-state index in [-0.39, 0.29) is 12.3 Å². The molecule has 0 heterocycles. The lowest BCUT2D eigenvalue weighted by molar-refractivity contribution is -0.144. The zero-order valence-electron chi connectivity index (χ0n) is 7.50. The number of hydrogen-bond donors (Lipinski definition) is 2. The zero-order valence-corrected chi connectivity index (χ0v) is 7.50. The molecule has 3 N–H and O–H groups in total. The van der Waals surface area contributed by atoms with Crippen LogP contribution >= 0.6 is 0 Å². The highest BCUT2D eigenvalue weighted by Crippen LogP contribution is 2.09. The van der Waals surface area contributed by atoms with Gasteiger partial charge in [-0.15, -0.1) is 0 Å². The molecule has 5 nitrogen and oxygen atoms in total. The first-order valence-electron chi connectivity index (χ1n) is 3.50. The number of nitrogens with zero attached hydrogens (tertiary/aromatic N) is 1. The highest BCUT2D eigenvalue weighted by atomic mass is 16.3. The van der Waals surface area contributed by atoms with Crippen molar-refractivity contribution in [1.82, 2.24) is 4.90 Å². The molecule has 70 valence electrons. The number of rotatable bonds is 3. The molecule has 0 aliphatic carbocycles. The summed E-state index contributed by atoms with van der Waals surface area (Å²) in [6.07, 6.45) is -0.282. The van der Waals surface area contributed by atoms with Crippen molar-refractivity contribution in [2.75, 3.05) is 14.1 Å². The first kappa shape index (κ1) is 10.9. The molecule has 12 heavy (non-hydrogen) atoms. The van der Waals surface area contributed by atoms with Crippen molar-refractivity contribution in [2.24, 2.45) is 5.73 Å². The molecule has 0 saturated heterocycles. The zero-order chi connectivity index (χ0) is 9.94. The summed E-state index contributed by atoms with van der Waals surface area (Å²) in [7, 11) is 3.08. The molecule has 2 amide bonds. The highest BCUT2D eigenvalue weighted by molar-refractivity contribution is 5.89. The quantitative estimate of drug-likeness (QED) is 0.558. The Labute approximate surface area is 71.1 Å². The van der Waals surface area contributed by atoms with Crippen LogP contribution in [-0.2, 0) is 9.59 Å². The second-order valence-corrected chi connectivity index (χ2v) is 3.10. The standard InChI is InChI=1S/C7H14N2O3/c1-7(12,6(8)11)4-5(10)9(2)3/h12H,4H2,1-3H3,(H2,8,11). The van der Waals surface area contributed by atoms with Gasteiger partial charge in [0.15, 0.2) is 0 Å². The van der Waals surface area contributed by atoms with Crippen molar-refractivity contribution < 1.29 is 14.7 Å². The fourth-order valence-electron chi connectivity index (χ4n) is 0.540. The first-order valence-corrected chi connectivity index (χ1v) is 3.50. The second kappa shape index (κ2) is 3.53. The number of nitrogens with two attached hydrogens (primary N) is 1. The highest BCUT2D eigenvalue weighted by Gasteiger charge is 2.31. The molecule has 0 aliphatic rings. The van der Waals surface area contributed by atoms with Crippen LogP contribution in [0.5, 0.6) is 0 Å². The smallest absolute Gasteiger partial charge is 0.249 e. The molecule has 0 aromatic heterocycles. The minimum absolute atomic E-state index is 0.282. The maximum absolute atomic E-state index is 11.0. The molecule has 0 fully saturated rings. The third-order valence-corrected chi connectivity index (χ3v) is 1.53. The molecule has 0 aliphatic heterocycles. The Bertz CT molecular complexity index is 199. The molecular weight excluding hydrogens is 160 g/mol. The van der Waals surface area contributed by atoms with Crippen molar-refractivity contribution in [3.63, 3.8) is 0 Å². The molecule has 0 spiro atoms. The predicted molar refractivity (Wildman–Crippen MR) is 43.1 cm³/mol. The van der Waals surface area contributed by atoms with Crippen LogP contribution in [0, 0.1) is 0 Å². The summed E-state index contributed by atoms with van der Waals surface area (Å²) < 4.78 is 0. The van der Waals surface area contributed by atoms with Crippen molar-refractivity contribution in [3.05, 3.63) is 0 Å². The number of carbonyl (C=O) groups excluding carboxylic acids is 2. The first-order chi connectivity index (χ1) is 5.27. The third kappa shape index (κ3) is 2.87. The summed E-state index contributed by atoms with van der Waals surface area (Å²) in [5.41, 5.74) is 3.11. The maximum atomic E-state index is 11.0. The Morgan fingerprint density at radius 2 is 1.92 bits per heavy atom. The van der Waals surface area contributed by atoms with Gasteiger partial charge in [-0.05, 0) is 6.92 Å². The van der Waals surface area contributed by atoms with Gasteiger partial charge in [-0.25, -0.2) is 0 Å². The van der Waals surface area contributed by atoms with E-state index in [1.165, 1.54) is 11.8 Å². The normalized spacial score (nSPS) is 15.0. The Morgan fingerprint density at radius 1 is 1.50 bits per heavy atom. The Hall–Kier alpha value is -1.10. The molecule has 0 aromatic rings. The molecular formula is C7H14N2O3. The third-order valence-electron chi connectivity index (χ3n) is 1.53. The van der Waals surface area contributed by atoms with Crippen LogP contribution in [0.1, 0.15) is 13.3 Å². The molecule has 0 aromatic carbocycles. The lowest BCUT2D eigenvalue weighted by Gasteiger charge is -2.20. The molecule has 1 atom stereocenters. The summed E-state index contributed by atoms with van der Waals surface area (Å²) in [6.45, 7) is 1.22. The molecule has 0 rings (SSSR count). The monoisotopic (exact) mass is 174 g/mol. The van der Waals surface area contributed by atoms with Gasteiger partial charge in [0.1, 0.15) is 5.60 Å². The second-order valence-electron chi connectivity index (χ2n) is 3.10. The molecule has 1 unspecified atom stereocenters. The van der Waals surface area contributed by atoms with Gasteiger partial charge in [0, 0.05) is 14.1 Å². The molecule has 5 heteroatoms. The van der Waals surface area contributed by atoms with Crippen molar-refractivity contribution in [3.8, 4) is 0 Å². The van der Waals surface area contributed by atoms with Crippen LogP contribution in [0.15, 0.2) is 0 Å². The average Bonchev–Trinajstić information content (AvgIpc) is 1.85. The van der Waals surface area contributed by atoms with E-state index in [9.17, 15) is 14.7 Å². The van der Waals surface area contributed by atoms with Crippen molar-refractivity contribution in [2.45, 2.75) is 18.9 Å². The number of hydrogen-bond acceptors (Lipinski definition) is 3. The van der Waals surface area contributed by atoms with Gasteiger partial charge in [0.25, 0.3) is 0 Å². The topological polar surface area (TPSA) is 83.6 Å². The van der Waals surface area contributed by atoms with Crippen LogP contribution in [0.3, 0.4) is 0 Å². The Balaban J connectivity index is 4.25. The lowest BCUT2D eigenvalue weighted by atomic mass is 10.0. The largest absolute Gasteiger partial charge is 0.380 e.